The number of hydrogen-bond donors (Lipinski definition) is 1. The second-order valence-corrected chi connectivity index (χ2v) is 3.21. The Morgan fingerprint density at radius 3 is 2.53 bits per heavy atom. The molecule has 1 N–H and O–H groups in total. The monoisotopic (exact) mass is 238 g/mol. The summed E-state index contributed by atoms with van der Waals surface area (Å²) in [5.74, 6) is -1.41. The van der Waals surface area contributed by atoms with Crippen molar-refractivity contribution in [3.8, 4) is 0 Å². The second kappa shape index (κ2) is 3.10. The van der Waals surface area contributed by atoms with Gasteiger partial charge < -0.3 is 4.98 Å². The summed E-state index contributed by atoms with van der Waals surface area (Å²) in [6.45, 7) is 0. The Balaban J connectivity index is 2.75. The van der Waals surface area contributed by atoms with Crippen LogP contribution >= 0.6 is 11.6 Å². The molecule has 0 fully saturated rings. The third-order valence-corrected chi connectivity index (χ3v) is 2.05. The van der Waals surface area contributed by atoms with Gasteiger partial charge >= 0.3 is 6.18 Å². The fourth-order valence-electron chi connectivity index (χ4n) is 1.23. The number of nitrogens with zero attached hydrogens (tertiary/aromatic N) is 1. The molecule has 2 rings (SSSR count). The highest BCUT2D eigenvalue weighted by atomic mass is 35.5. The lowest BCUT2D eigenvalue weighted by Crippen LogP contribution is -2.08. The maximum Gasteiger partial charge on any atom is 0.419 e. The van der Waals surface area contributed by atoms with Gasteiger partial charge in [-0.3, -0.25) is 0 Å². The van der Waals surface area contributed by atoms with Crippen LogP contribution in [0.3, 0.4) is 0 Å². The molecule has 0 spiro atoms. The molecule has 0 unspecified atom stereocenters. The third kappa shape index (κ3) is 1.65. The van der Waals surface area contributed by atoms with Crippen molar-refractivity contribution in [1.29, 1.82) is 0 Å². The minimum absolute atomic E-state index is 0.130. The lowest BCUT2D eigenvalue weighted by molar-refractivity contribution is -0.139. The van der Waals surface area contributed by atoms with E-state index in [1.807, 2.05) is 0 Å². The number of fused-ring (bicyclic) bond motifs is 1. The van der Waals surface area contributed by atoms with Crippen molar-refractivity contribution < 1.29 is 17.6 Å². The molecule has 0 aliphatic carbocycles. The largest absolute Gasteiger partial charge is 0.419 e. The molecule has 1 heterocycles. The number of halogens is 5. The van der Waals surface area contributed by atoms with Gasteiger partial charge in [0.2, 0.25) is 5.28 Å². The lowest BCUT2D eigenvalue weighted by atomic mass is 10.2. The van der Waals surface area contributed by atoms with Crippen LogP contribution in [0.15, 0.2) is 12.1 Å². The Hall–Kier alpha value is -1.30. The summed E-state index contributed by atoms with van der Waals surface area (Å²) in [6.07, 6.45) is -4.73. The number of rotatable bonds is 0. The van der Waals surface area contributed by atoms with Gasteiger partial charge in [0.1, 0.15) is 5.52 Å². The Morgan fingerprint density at radius 2 is 1.93 bits per heavy atom. The molecular weight excluding hydrogens is 236 g/mol. The van der Waals surface area contributed by atoms with Crippen LogP contribution in [0.4, 0.5) is 17.6 Å². The van der Waals surface area contributed by atoms with E-state index in [0.717, 1.165) is 6.07 Å². The van der Waals surface area contributed by atoms with E-state index in [9.17, 15) is 17.6 Å². The van der Waals surface area contributed by atoms with Gasteiger partial charge in [0, 0.05) is 0 Å². The molecule has 0 amide bonds. The standard InChI is InChI=1S/C8H3ClF4N2/c9-7-14-4-2-1-3(8(11,12)13)5(10)6(4)15-7/h1-2H,(H,14,15). The summed E-state index contributed by atoms with van der Waals surface area (Å²) in [6, 6.07) is 1.73. The van der Waals surface area contributed by atoms with Crippen molar-refractivity contribution in [2.24, 2.45) is 0 Å². The zero-order valence-electron chi connectivity index (χ0n) is 6.99. The first kappa shape index (κ1) is 10.2. The van der Waals surface area contributed by atoms with Crippen molar-refractivity contribution in [3.05, 3.63) is 28.8 Å². The van der Waals surface area contributed by atoms with Crippen molar-refractivity contribution in [3.63, 3.8) is 0 Å². The summed E-state index contributed by atoms with van der Waals surface area (Å²) in [4.78, 5) is 5.85. The molecule has 0 aliphatic rings. The average Bonchev–Trinajstić information content (AvgIpc) is 2.44. The lowest BCUT2D eigenvalue weighted by Gasteiger charge is -2.07. The molecule has 80 valence electrons. The Labute approximate surface area is 85.9 Å². The molecule has 7 heteroatoms. The van der Waals surface area contributed by atoms with E-state index >= 15 is 0 Å². The maximum absolute atomic E-state index is 13.3. The number of aromatic nitrogens is 2. The van der Waals surface area contributed by atoms with Gasteiger partial charge in [-0.05, 0) is 23.7 Å². The van der Waals surface area contributed by atoms with Crippen LogP contribution in [-0.4, -0.2) is 9.97 Å². The first-order valence-corrected chi connectivity index (χ1v) is 4.18. The van der Waals surface area contributed by atoms with Crippen LogP contribution in [0.5, 0.6) is 0 Å². The fourth-order valence-corrected chi connectivity index (χ4v) is 1.42. The first-order valence-electron chi connectivity index (χ1n) is 3.80. The molecule has 0 saturated heterocycles. The van der Waals surface area contributed by atoms with Gasteiger partial charge in [-0.25, -0.2) is 9.37 Å². The third-order valence-electron chi connectivity index (χ3n) is 1.87. The summed E-state index contributed by atoms with van der Waals surface area (Å²) in [5.41, 5.74) is -1.63. The van der Waals surface area contributed by atoms with Crippen molar-refractivity contribution in [1.82, 2.24) is 9.97 Å². The SMILES string of the molecule is Fc1c(C(F)(F)F)ccc2[nH]c(Cl)nc12. The predicted octanol–water partition coefficient (Wildman–Crippen LogP) is 3.37. The van der Waals surface area contributed by atoms with Crippen LogP contribution < -0.4 is 0 Å². The molecule has 0 bridgehead atoms. The van der Waals surface area contributed by atoms with E-state index in [1.165, 1.54) is 0 Å². The molecule has 0 saturated carbocycles. The highest BCUT2D eigenvalue weighted by molar-refractivity contribution is 6.29. The van der Waals surface area contributed by atoms with E-state index in [4.69, 9.17) is 11.6 Å². The minimum atomic E-state index is -4.73. The molecule has 0 atom stereocenters. The number of aromatic amines is 1. The van der Waals surface area contributed by atoms with Crippen LogP contribution in [0, 0.1) is 5.82 Å². The van der Waals surface area contributed by atoms with Crippen LogP contribution in [0.2, 0.25) is 5.28 Å². The molecule has 15 heavy (non-hydrogen) atoms. The Morgan fingerprint density at radius 1 is 1.27 bits per heavy atom. The summed E-state index contributed by atoms with van der Waals surface area (Å²) in [7, 11) is 0. The zero-order chi connectivity index (χ0) is 11.2. The van der Waals surface area contributed by atoms with Crippen molar-refractivity contribution >= 4 is 22.6 Å². The summed E-state index contributed by atoms with van der Waals surface area (Å²) < 4.78 is 50.1. The quantitative estimate of drug-likeness (QED) is 0.701. The van der Waals surface area contributed by atoms with Gasteiger partial charge in [-0.1, -0.05) is 0 Å². The molecule has 2 aromatic rings. The van der Waals surface area contributed by atoms with Crippen LogP contribution in [-0.2, 0) is 6.18 Å². The van der Waals surface area contributed by atoms with E-state index < -0.39 is 23.1 Å². The van der Waals surface area contributed by atoms with Crippen LogP contribution in [0.25, 0.3) is 11.0 Å². The highest BCUT2D eigenvalue weighted by Crippen LogP contribution is 2.34. The van der Waals surface area contributed by atoms with Gasteiger partial charge in [-0.15, -0.1) is 0 Å². The molecule has 2 nitrogen and oxygen atoms in total. The molecule has 1 aromatic carbocycles. The predicted molar refractivity (Wildman–Crippen MR) is 46.1 cm³/mol. The molecular formula is C8H3ClF4N2. The van der Waals surface area contributed by atoms with Crippen molar-refractivity contribution in [2.75, 3.05) is 0 Å². The highest BCUT2D eigenvalue weighted by Gasteiger charge is 2.35. The number of hydrogen-bond acceptors (Lipinski definition) is 1. The van der Waals surface area contributed by atoms with E-state index in [1.54, 1.807) is 0 Å². The van der Waals surface area contributed by atoms with Crippen molar-refractivity contribution in [2.45, 2.75) is 6.18 Å². The first-order chi connectivity index (χ1) is 6.89. The Kier molecular flexibility index (Phi) is 2.11. The number of H-pyrrole nitrogens is 1. The van der Waals surface area contributed by atoms with Gasteiger partial charge in [0.05, 0.1) is 11.1 Å². The zero-order valence-corrected chi connectivity index (χ0v) is 7.75. The van der Waals surface area contributed by atoms with Gasteiger partial charge in [0.25, 0.3) is 0 Å². The number of imidazole rings is 1. The molecule has 1 aromatic heterocycles. The van der Waals surface area contributed by atoms with E-state index in [-0.39, 0.29) is 10.8 Å². The topological polar surface area (TPSA) is 28.7 Å². The van der Waals surface area contributed by atoms with E-state index in [0.29, 0.717) is 6.07 Å². The maximum atomic E-state index is 13.3. The smallest absolute Gasteiger partial charge is 0.328 e. The Bertz CT molecular complexity index is 517. The number of alkyl halides is 3. The van der Waals surface area contributed by atoms with Crippen LogP contribution in [0.1, 0.15) is 5.56 Å². The molecule has 0 radical (unpaired) electrons. The fraction of sp³-hybridized carbons (Fsp3) is 0.125. The number of benzene rings is 1. The van der Waals surface area contributed by atoms with E-state index in [2.05, 4.69) is 9.97 Å². The summed E-state index contributed by atoms with van der Waals surface area (Å²) >= 11 is 5.41. The molecule has 0 aliphatic heterocycles. The summed E-state index contributed by atoms with van der Waals surface area (Å²) in [5, 5.41) is -0.150. The average molecular weight is 239 g/mol. The van der Waals surface area contributed by atoms with Gasteiger partial charge in [0.15, 0.2) is 5.82 Å². The normalized spacial score (nSPS) is 12.3. The minimum Gasteiger partial charge on any atom is -0.328 e. The second-order valence-electron chi connectivity index (χ2n) is 2.85. The number of nitrogens with one attached hydrogen (secondary N) is 1. The van der Waals surface area contributed by atoms with Gasteiger partial charge in [-0.2, -0.15) is 13.2 Å².